The Morgan fingerprint density at radius 1 is 1.12 bits per heavy atom. The Labute approximate surface area is 109 Å². The fourth-order valence-corrected chi connectivity index (χ4v) is 2.11. The fourth-order valence-electron chi connectivity index (χ4n) is 1.21. The maximum absolute atomic E-state index is 5.81. The van der Waals surface area contributed by atoms with E-state index in [9.17, 15) is 0 Å². The molecule has 0 aliphatic rings. The molecule has 0 spiro atoms. The number of thioether (sulfide) groups is 1. The van der Waals surface area contributed by atoms with E-state index in [-0.39, 0.29) is 0 Å². The largest absolute Gasteiger partial charge is 0.307 e. The van der Waals surface area contributed by atoms with Crippen molar-refractivity contribution in [3.8, 4) is 0 Å². The summed E-state index contributed by atoms with van der Waals surface area (Å²) in [5, 5.41) is 9.53. The van der Waals surface area contributed by atoms with Crippen molar-refractivity contribution in [1.82, 2.24) is 10.2 Å². The number of benzene rings is 1. The summed E-state index contributed by atoms with van der Waals surface area (Å²) in [4.78, 5) is 0. The van der Waals surface area contributed by atoms with Crippen LogP contribution in [0.1, 0.15) is 5.56 Å². The van der Waals surface area contributed by atoms with Crippen LogP contribution in [0.5, 0.6) is 0 Å². The lowest BCUT2D eigenvalue weighted by Crippen LogP contribution is -2.08. The molecule has 1 heterocycles. The van der Waals surface area contributed by atoms with Crippen LogP contribution in [-0.2, 0) is 5.75 Å². The predicted molar refractivity (Wildman–Crippen MR) is 70.9 cm³/mol. The highest BCUT2D eigenvalue weighted by Crippen LogP contribution is 2.21. The number of aromatic nitrogens is 2. The van der Waals surface area contributed by atoms with Gasteiger partial charge in [-0.2, -0.15) is 0 Å². The minimum Gasteiger partial charge on any atom is -0.307 e. The SMILES string of the molecule is NNc1ccc(SCc2ccc(Cl)cc2)nn1. The molecule has 0 saturated heterocycles. The first-order chi connectivity index (χ1) is 8.28. The van der Waals surface area contributed by atoms with Gasteiger partial charge in [-0.3, -0.25) is 0 Å². The van der Waals surface area contributed by atoms with Gasteiger partial charge in [0.25, 0.3) is 0 Å². The van der Waals surface area contributed by atoms with E-state index in [1.807, 2.05) is 30.3 Å². The predicted octanol–water partition coefficient (Wildman–Crippen LogP) is 2.71. The number of hydrogen-bond donors (Lipinski definition) is 2. The third kappa shape index (κ3) is 3.59. The van der Waals surface area contributed by atoms with Crippen LogP contribution in [-0.4, -0.2) is 10.2 Å². The number of hydrazine groups is 1. The summed E-state index contributed by atoms with van der Waals surface area (Å²) >= 11 is 7.43. The minimum atomic E-state index is 0.556. The molecular weight excluding hydrogens is 256 g/mol. The average Bonchev–Trinajstić information content (AvgIpc) is 2.39. The second kappa shape index (κ2) is 5.86. The van der Waals surface area contributed by atoms with Crippen molar-refractivity contribution in [2.24, 2.45) is 5.84 Å². The minimum absolute atomic E-state index is 0.556. The molecule has 0 bridgehead atoms. The summed E-state index contributed by atoms with van der Waals surface area (Å²) in [6.07, 6.45) is 0. The van der Waals surface area contributed by atoms with E-state index >= 15 is 0 Å². The molecular formula is C11H11ClN4S. The van der Waals surface area contributed by atoms with Crippen LogP contribution in [0.3, 0.4) is 0 Å². The van der Waals surface area contributed by atoms with Crippen LogP contribution in [0, 0.1) is 0 Å². The highest BCUT2D eigenvalue weighted by molar-refractivity contribution is 7.98. The molecule has 2 rings (SSSR count). The van der Waals surface area contributed by atoms with E-state index < -0.39 is 0 Å². The van der Waals surface area contributed by atoms with Crippen molar-refractivity contribution >= 4 is 29.2 Å². The number of nitrogens with one attached hydrogen (secondary N) is 1. The first-order valence-electron chi connectivity index (χ1n) is 4.95. The summed E-state index contributed by atoms with van der Waals surface area (Å²) in [7, 11) is 0. The molecule has 0 amide bonds. The number of rotatable bonds is 4. The Bertz CT molecular complexity index is 472. The Morgan fingerprint density at radius 2 is 1.88 bits per heavy atom. The average molecular weight is 267 g/mol. The van der Waals surface area contributed by atoms with Crippen molar-refractivity contribution in [3.63, 3.8) is 0 Å². The van der Waals surface area contributed by atoms with Crippen LogP contribution < -0.4 is 11.3 Å². The van der Waals surface area contributed by atoms with Crippen LogP contribution in [0.2, 0.25) is 5.02 Å². The number of nitrogens with zero attached hydrogens (tertiary/aromatic N) is 2. The van der Waals surface area contributed by atoms with E-state index in [2.05, 4.69) is 15.6 Å². The van der Waals surface area contributed by atoms with Gasteiger partial charge in [0.2, 0.25) is 0 Å². The molecule has 0 saturated carbocycles. The topological polar surface area (TPSA) is 63.8 Å². The fraction of sp³-hybridized carbons (Fsp3) is 0.0909. The van der Waals surface area contributed by atoms with Crippen molar-refractivity contribution in [2.45, 2.75) is 10.8 Å². The lowest BCUT2D eigenvalue weighted by molar-refractivity contribution is 0.927. The second-order valence-corrected chi connectivity index (χ2v) is 4.75. The molecule has 2 aromatic rings. The lowest BCUT2D eigenvalue weighted by atomic mass is 10.2. The third-order valence-corrected chi connectivity index (χ3v) is 3.33. The molecule has 17 heavy (non-hydrogen) atoms. The highest BCUT2D eigenvalue weighted by Gasteiger charge is 1.99. The zero-order valence-corrected chi connectivity index (χ0v) is 10.5. The Morgan fingerprint density at radius 3 is 2.47 bits per heavy atom. The first kappa shape index (κ1) is 12.2. The maximum atomic E-state index is 5.81. The van der Waals surface area contributed by atoms with Gasteiger partial charge in [0.05, 0.1) is 0 Å². The van der Waals surface area contributed by atoms with Gasteiger partial charge in [0.1, 0.15) is 5.03 Å². The second-order valence-electron chi connectivity index (χ2n) is 3.32. The van der Waals surface area contributed by atoms with Crippen molar-refractivity contribution in [2.75, 3.05) is 5.43 Å². The molecule has 0 unspecified atom stereocenters. The monoisotopic (exact) mass is 266 g/mol. The summed E-state index contributed by atoms with van der Waals surface area (Å²) in [5.41, 5.74) is 3.63. The van der Waals surface area contributed by atoms with Gasteiger partial charge in [-0.1, -0.05) is 35.5 Å². The molecule has 0 fully saturated rings. The van der Waals surface area contributed by atoms with Gasteiger partial charge in [-0.25, -0.2) is 5.84 Å². The van der Waals surface area contributed by atoms with Crippen LogP contribution >= 0.6 is 23.4 Å². The molecule has 1 aromatic heterocycles. The van der Waals surface area contributed by atoms with Gasteiger partial charge in [-0.05, 0) is 29.8 Å². The van der Waals surface area contributed by atoms with Crippen LogP contribution in [0.4, 0.5) is 5.82 Å². The van der Waals surface area contributed by atoms with Crippen molar-refractivity contribution in [3.05, 3.63) is 47.0 Å². The summed E-state index contributed by atoms with van der Waals surface area (Å²) in [6, 6.07) is 11.4. The molecule has 3 N–H and O–H groups in total. The normalized spacial score (nSPS) is 10.2. The maximum Gasteiger partial charge on any atom is 0.162 e. The molecule has 4 nitrogen and oxygen atoms in total. The van der Waals surface area contributed by atoms with E-state index in [1.165, 1.54) is 5.56 Å². The van der Waals surface area contributed by atoms with Gasteiger partial charge in [0, 0.05) is 10.8 Å². The quantitative estimate of drug-likeness (QED) is 0.506. The molecule has 1 aromatic carbocycles. The Kier molecular flexibility index (Phi) is 4.19. The molecule has 88 valence electrons. The Hall–Kier alpha value is -1.30. The summed E-state index contributed by atoms with van der Waals surface area (Å²) in [5.74, 6) is 6.60. The van der Waals surface area contributed by atoms with Gasteiger partial charge >= 0.3 is 0 Å². The lowest BCUT2D eigenvalue weighted by Gasteiger charge is -2.02. The van der Waals surface area contributed by atoms with E-state index in [0.29, 0.717) is 5.82 Å². The summed E-state index contributed by atoms with van der Waals surface area (Å²) < 4.78 is 0. The van der Waals surface area contributed by atoms with Crippen LogP contribution in [0.15, 0.2) is 41.4 Å². The summed E-state index contributed by atoms with van der Waals surface area (Å²) in [6.45, 7) is 0. The molecule has 0 atom stereocenters. The number of hydrogen-bond acceptors (Lipinski definition) is 5. The first-order valence-corrected chi connectivity index (χ1v) is 6.32. The van der Waals surface area contributed by atoms with E-state index in [4.69, 9.17) is 17.4 Å². The number of nitrogens with two attached hydrogens (primary N) is 1. The number of halogens is 1. The standard InChI is InChI=1S/C11H11ClN4S/c12-9-3-1-8(2-4-9)7-17-11-6-5-10(14-13)15-16-11/h1-6H,7,13H2,(H,14,15). The van der Waals surface area contributed by atoms with Gasteiger partial charge in [-0.15, -0.1) is 10.2 Å². The Balaban J connectivity index is 1.95. The van der Waals surface area contributed by atoms with E-state index in [1.54, 1.807) is 17.8 Å². The molecule has 0 aliphatic heterocycles. The molecule has 0 aliphatic carbocycles. The van der Waals surface area contributed by atoms with Crippen LogP contribution in [0.25, 0.3) is 0 Å². The third-order valence-electron chi connectivity index (χ3n) is 2.09. The van der Waals surface area contributed by atoms with Crippen molar-refractivity contribution < 1.29 is 0 Å². The van der Waals surface area contributed by atoms with Gasteiger partial charge in [0.15, 0.2) is 5.82 Å². The molecule has 6 heteroatoms. The number of nitrogen functional groups attached to an aromatic ring is 1. The zero-order chi connectivity index (χ0) is 12.1. The number of anilines is 1. The van der Waals surface area contributed by atoms with Gasteiger partial charge < -0.3 is 5.43 Å². The smallest absolute Gasteiger partial charge is 0.162 e. The molecule has 0 radical (unpaired) electrons. The van der Waals surface area contributed by atoms with Crippen molar-refractivity contribution in [1.29, 1.82) is 0 Å². The zero-order valence-electron chi connectivity index (χ0n) is 8.93. The highest BCUT2D eigenvalue weighted by atomic mass is 35.5. The van der Waals surface area contributed by atoms with E-state index in [0.717, 1.165) is 15.8 Å².